The highest BCUT2D eigenvalue weighted by atomic mass is 16.3. The zero-order valence-corrected chi connectivity index (χ0v) is 12.6. The third kappa shape index (κ3) is 2.22. The predicted octanol–water partition coefficient (Wildman–Crippen LogP) is 1.94. The summed E-state index contributed by atoms with van der Waals surface area (Å²) in [6.45, 7) is 2.14. The molecule has 0 saturated heterocycles. The molecule has 0 spiro atoms. The Morgan fingerprint density at radius 2 is 2.17 bits per heavy atom. The van der Waals surface area contributed by atoms with Crippen LogP contribution in [0.25, 0.3) is 33.1 Å². The van der Waals surface area contributed by atoms with Crippen LogP contribution in [-0.2, 0) is 6.54 Å². The topological polar surface area (TPSA) is 106 Å². The van der Waals surface area contributed by atoms with Gasteiger partial charge in [0.15, 0.2) is 0 Å². The number of aliphatic hydroxyl groups is 1. The minimum atomic E-state index is -0.494. The van der Waals surface area contributed by atoms with E-state index in [1.807, 2.05) is 24.3 Å². The molecule has 4 aromatic rings. The molecule has 0 saturated carbocycles. The van der Waals surface area contributed by atoms with Crippen LogP contribution in [0.1, 0.15) is 6.92 Å². The molecule has 0 fully saturated rings. The minimum Gasteiger partial charge on any atom is -0.391 e. The maximum absolute atomic E-state index is 9.68. The second-order valence-electron chi connectivity index (χ2n) is 5.64. The van der Waals surface area contributed by atoms with Gasteiger partial charge in [0.05, 0.1) is 41.0 Å². The summed E-state index contributed by atoms with van der Waals surface area (Å²) in [7, 11) is 0. The highest BCUT2D eigenvalue weighted by Crippen LogP contribution is 2.30. The van der Waals surface area contributed by atoms with Crippen LogP contribution >= 0.6 is 0 Å². The lowest BCUT2D eigenvalue weighted by atomic mass is 10.1. The Labute approximate surface area is 131 Å². The highest BCUT2D eigenvalue weighted by molar-refractivity contribution is 6.08. The number of rotatable bonds is 3. The van der Waals surface area contributed by atoms with Crippen molar-refractivity contribution in [1.29, 1.82) is 0 Å². The van der Waals surface area contributed by atoms with Crippen LogP contribution in [0.15, 0.2) is 36.7 Å². The average molecular weight is 308 g/mol. The van der Waals surface area contributed by atoms with E-state index in [2.05, 4.69) is 20.3 Å². The van der Waals surface area contributed by atoms with E-state index in [1.54, 1.807) is 24.0 Å². The van der Waals surface area contributed by atoms with Gasteiger partial charge >= 0.3 is 0 Å². The number of nitrogens with zero attached hydrogens (tertiary/aromatic N) is 4. The van der Waals surface area contributed by atoms with Crippen molar-refractivity contribution in [2.24, 2.45) is 0 Å². The van der Waals surface area contributed by atoms with E-state index in [4.69, 9.17) is 5.73 Å². The zero-order valence-electron chi connectivity index (χ0n) is 12.6. The number of aromatic nitrogens is 5. The molecule has 3 heterocycles. The number of benzene rings is 1. The Hall–Kier alpha value is -2.93. The van der Waals surface area contributed by atoms with E-state index in [0.717, 1.165) is 33.1 Å². The van der Waals surface area contributed by atoms with E-state index >= 15 is 0 Å². The lowest BCUT2D eigenvalue weighted by Crippen LogP contribution is -2.12. The molecule has 0 unspecified atom stereocenters. The zero-order chi connectivity index (χ0) is 16.0. The number of hydrogen-bond donors (Lipinski definition) is 3. The number of nitrogens with two attached hydrogens (primary N) is 1. The number of fused-ring (bicyclic) bond motifs is 3. The van der Waals surface area contributed by atoms with E-state index in [9.17, 15) is 5.11 Å². The maximum atomic E-state index is 9.68. The number of pyridine rings is 1. The molecule has 7 nitrogen and oxygen atoms in total. The highest BCUT2D eigenvalue weighted by Gasteiger charge is 2.14. The largest absolute Gasteiger partial charge is 0.391 e. The molecular formula is C16H16N6O. The first-order chi connectivity index (χ1) is 11.1. The van der Waals surface area contributed by atoms with Gasteiger partial charge in [-0.1, -0.05) is 6.07 Å². The van der Waals surface area contributed by atoms with Crippen LogP contribution in [0.2, 0.25) is 0 Å². The summed E-state index contributed by atoms with van der Waals surface area (Å²) in [4.78, 5) is 4.49. The first-order valence-corrected chi connectivity index (χ1v) is 7.36. The van der Waals surface area contributed by atoms with Gasteiger partial charge in [-0.3, -0.25) is 9.78 Å². The van der Waals surface area contributed by atoms with Crippen molar-refractivity contribution in [2.75, 3.05) is 5.73 Å². The first-order valence-electron chi connectivity index (χ1n) is 7.36. The molecule has 4 rings (SSSR count). The molecule has 0 bridgehead atoms. The Morgan fingerprint density at radius 1 is 1.30 bits per heavy atom. The summed E-state index contributed by atoms with van der Waals surface area (Å²) in [6.07, 6.45) is 2.91. The number of aromatic amines is 1. The van der Waals surface area contributed by atoms with E-state index in [-0.39, 0.29) is 0 Å². The summed E-state index contributed by atoms with van der Waals surface area (Å²) >= 11 is 0. The number of hydrogen-bond acceptors (Lipinski definition) is 5. The summed E-state index contributed by atoms with van der Waals surface area (Å²) in [5.74, 6) is 0.436. The molecule has 1 atom stereocenters. The summed E-state index contributed by atoms with van der Waals surface area (Å²) in [5.41, 5.74) is 9.68. The first kappa shape index (κ1) is 13.7. The lowest BCUT2D eigenvalue weighted by molar-refractivity contribution is 0.170. The summed E-state index contributed by atoms with van der Waals surface area (Å²) < 4.78 is 1.77. The van der Waals surface area contributed by atoms with Gasteiger partial charge in [-0.05, 0) is 25.1 Å². The number of nitrogens with one attached hydrogen (secondary N) is 1. The molecule has 0 radical (unpaired) electrons. The van der Waals surface area contributed by atoms with Gasteiger partial charge in [0.2, 0.25) is 0 Å². The SMILES string of the molecule is C[C@H](O)Cn1ncc2c(N)nc3cc(-c4ccn[nH]4)ccc3c21. The Morgan fingerprint density at radius 3 is 2.91 bits per heavy atom. The van der Waals surface area contributed by atoms with Crippen LogP contribution < -0.4 is 5.73 Å². The third-order valence-corrected chi connectivity index (χ3v) is 3.86. The molecule has 1 aromatic carbocycles. The number of H-pyrrole nitrogens is 1. The molecule has 3 aromatic heterocycles. The molecule has 0 aliphatic heterocycles. The van der Waals surface area contributed by atoms with Crippen molar-refractivity contribution >= 4 is 27.6 Å². The summed E-state index contributed by atoms with van der Waals surface area (Å²) in [5, 5.41) is 22.7. The smallest absolute Gasteiger partial charge is 0.135 e. The van der Waals surface area contributed by atoms with E-state index in [0.29, 0.717) is 12.4 Å². The van der Waals surface area contributed by atoms with Crippen LogP contribution in [0.4, 0.5) is 5.82 Å². The van der Waals surface area contributed by atoms with Crippen molar-refractivity contribution in [1.82, 2.24) is 25.0 Å². The van der Waals surface area contributed by atoms with Crippen LogP contribution in [0.5, 0.6) is 0 Å². The molecule has 0 aliphatic carbocycles. The second-order valence-corrected chi connectivity index (χ2v) is 5.64. The minimum absolute atomic E-state index is 0.407. The standard InChI is InChI=1S/C16H16N6O/c1-9(23)8-22-15-11-3-2-10(13-4-5-18-21-13)6-14(11)20-16(17)12(15)7-19-22/h2-7,9,23H,8H2,1H3,(H2,17,20)(H,18,21)/t9-/m0/s1. The Balaban J connectivity index is 1.99. The van der Waals surface area contributed by atoms with Crippen molar-refractivity contribution in [3.8, 4) is 11.3 Å². The third-order valence-electron chi connectivity index (χ3n) is 3.86. The molecule has 7 heteroatoms. The molecule has 0 aliphatic rings. The second kappa shape index (κ2) is 5.06. The van der Waals surface area contributed by atoms with Crippen LogP contribution in [0.3, 0.4) is 0 Å². The monoisotopic (exact) mass is 308 g/mol. The fraction of sp³-hybridized carbons (Fsp3) is 0.188. The summed E-state index contributed by atoms with van der Waals surface area (Å²) in [6, 6.07) is 7.88. The molecule has 0 amide bonds. The Kier molecular flexibility index (Phi) is 3.02. The molecule has 116 valence electrons. The molecule has 4 N–H and O–H groups in total. The quantitative estimate of drug-likeness (QED) is 0.536. The van der Waals surface area contributed by atoms with Gasteiger partial charge in [-0.15, -0.1) is 0 Å². The van der Waals surface area contributed by atoms with Gasteiger partial charge in [0, 0.05) is 17.1 Å². The van der Waals surface area contributed by atoms with E-state index in [1.165, 1.54) is 0 Å². The van der Waals surface area contributed by atoms with Gasteiger partial charge in [-0.2, -0.15) is 10.2 Å². The van der Waals surface area contributed by atoms with Crippen molar-refractivity contribution in [3.05, 3.63) is 36.7 Å². The molecular weight excluding hydrogens is 292 g/mol. The van der Waals surface area contributed by atoms with Crippen LogP contribution in [0, 0.1) is 0 Å². The van der Waals surface area contributed by atoms with E-state index < -0.39 is 6.10 Å². The van der Waals surface area contributed by atoms with Gasteiger partial charge in [-0.25, -0.2) is 4.98 Å². The van der Waals surface area contributed by atoms with Crippen molar-refractivity contribution < 1.29 is 5.11 Å². The van der Waals surface area contributed by atoms with Gasteiger partial charge in [0.1, 0.15) is 5.82 Å². The lowest BCUT2D eigenvalue weighted by Gasteiger charge is -2.09. The van der Waals surface area contributed by atoms with Crippen molar-refractivity contribution in [2.45, 2.75) is 19.6 Å². The number of aliphatic hydroxyl groups excluding tert-OH is 1. The fourth-order valence-corrected chi connectivity index (χ4v) is 2.84. The number of anilines is 1. The van der Waals surface area contributed by atoms with Crippen molar-refractivity contribution in [3.63, 3.8) is 0 Å². The van der Waals surface area contributed by atoms with Crippen LogP contribution in [-0.4, -0.2) is 36.2 Å². The number of nitrogen functional groups attached to an aromatic ring is 1. The van der Waals surface area contributed by atoms with Gasteiger partial charge < -0.3 is 10.8 Å². The maximum Gasteiger partial charge on any atom is 0.135 e. The normalized spacial score (nSPS) is 13.0. The fourth-order valence-electron chi connectivity index (χ4n) is 2.84. The predicted molar refractivity (Wildman–Crippen MR) is 88.7 cm³/mol. The average Bonchev–Trinajstić information content (AvgIpc) is 3.16. The Bertz CT molecular complexity index is 987. The van der Waals surface area contributed by atoms with Gasteiger partial charge in [0.25, 0.3) is 0 Å². The molecule has 23 heavy (non-hydrogen) atoms.